The maximum absolute atomic E-state index is 13.4. The first-order chi connectivity index (χ1) is 18.9. The molecule has 1 N–H and O–H groups in total. The van der Waals surface area contributed by atoms with E-state index in [0.717, 1.165) is 0 Å². The van der Waals surface area contributed by atoms with Gasteiger partial charge in [-0.15, -0.1) is 10.2 Å². The zero-order valence-corrected chi connectivity index (χ0v) is 22.8. The van der Waals surface area contributed by atoms with E-state index in [2.05, 4.69) is 15.5 Å². The van der Waals surface area contributed by atoms with Gasteiger partial charge in [0.1, 0.15) is 11.4 Å². The number of nitrogens with one attached hydrogen (secondary N) is 1. The number of rotatable bonds is 9. The van der Waals surface area contributed by atoms with Gasteiger partial charge in [-0.3, -0.25) is 14.3 Å². The molecule has 4 aromatic rings. The van der Waals surface area contributed by atoms with Crippen LogP contribution in [0.2, 0.25) is 5.02 Å². The number of hydrogen-bond acceptors (Lipinski definition) is 7. The Kier molecular flexibility index (Phi) is 7.85. The van der Waals surface area contributed by atoms with Crippen LogP contribution in [-0.4, -0.2) is 39.2 Å². The number of halogens is 1. The molecule has 1 amide bonds. The molecular weight excluding hydrogens is 522 g/mol. The third-order valence-corrected chi connectivity index (χ3v) is 7.22. The van der Waals surface area contributed by atoms with Crippen LogP contribution in [-0.2, 0) is 23.2 Å². The number of ether oxygens (including phenoxy) is 2. The van der Waals surface area contributed by atoms with Crippen molar-refractivity contribution < 1.29 is 18.7 Å². The van der Waals surface area contributed by atoms with E-state index in [9.17, 15) is 9.59 Å². The summed E-state index contributed by atoms with van der Waals surface area (Å²) in [7, 11) is 3.32. The lowest BCUT2D eigenvalue weighted by atomic mass is 10.0. The van der Waals surface area contributed by atoms with Crippen LogP contribution in [0.4, 0.5) is 5.69 Å². The molecule has 39 heavy (non-hydrogen) atoms. The van der Waals surface area contributed by atoms with Crippen LogP contribution in [0.1, 0.15) is 43.7 Å². The molecule has 5 rings (SSSR count). The van der Waals surface area contributed by atoms with Crippen LogP contribution in [0.3, 0.4) is 0 Å². The summed E-state index contributed by atoms with van der Waals surface area (Å²) < 4.78 is 20.3. The molecule has 0 saturated heterocycles. The van der Waals surface area contributed by atoms with Gasteiger partial charge in [-0.2, -0.15) is 0 Å². The van der Waals surface area contributed by atoms with Crippen molar-refractivity contribution in [3.8, 4) is 22.9 Å². The summed E-state index contributed by atoms with van der Waals surface area (Å²) in [5.41, 5.74) is 1.82. The number of carbonyl (C=O) groups is 1. The smallest absolute Gasteiger partial charge is 0.295 e. The van der Waals surface area contributed by atoms with E-state index in [1.165, 1.54) is 4.68 Å². The third-order valence-electron chi connectivity index (χ3n) is 6.98. The summed E-state index contributed by atoms with van der Waals surface area (Å²) in [6.07, 6.45) is 1.87. The Morgan fingerprint density at radius 3 is 2.72 bits per heavy atom. The number of benzene rings is 2. The van der Waals surface area contributed by atoms with Crippen molar-refractivity contribution in [3.63, 3.8) is 0 Å². The SMILES string of the molecule is CCOc1ccc(Cl)cc1-c1nnc([C@H]2CC[C@@H](C(=O)Nc3c(COC)n(C)n(-c4ccccc4)c3=O)C2)o1. The summed E-state index contributed by atoms with van der Waals surface area (Å²) in [6, 6.07) is 14.5. The van der Waals surface area contributed by atoms with Crippen LogP contribution >= 0.6 is 11.6 Å². The molecule has 204 valence electrons. The number of amides is 1. The minimum absolute atomic E-state index is 0.0769. The van der Waals surface area contributed by atoms with Gasteiger partial charge in [-0.25, -0.2) is 4.68 Å². The molecule has 0 bridgehead atoms. The molecule has 0 aliphatic heterocycles. The van der Waals surface area contributed by atoms with Gasteiger partial charge in [0.2, 0.25) is 11.8 Å². The molecule has 0 unspecified atom stereocenters. The van der Waals surface area contributed by atoms with E-state index in [4.69, 9.17) is 25.5 Å². The number of nitrogens with zero attached hydrogens (tertiary/aromatic N) is 4. The number of aromatic nitrogens is 4. The summed E-state index contributed by atoms with van der Waals surface area (Å²) >= 11 is 6.19. The number of hydrogen-bond donors (Lipinski definition) is 1. The van der Waals surface area contributed by atoms with Crippen molar-refractivity contribution >= 4 is 23.2 Å². The van der Waals surface area contributed by atoms with Crippen molar-refractivity contribution in [2.24, 2.45) is 13.0 Å². The third kappa shape index (κ3) is 5.35. The fourth-order valence-electron chi connectivity index (χ4n) is 5.06. The second-order valence-corrected chi connectivity index (χ2v) is 9.88. The largest absolute Gasteiger partial charge is 0.493 e. The fraction of sp³-hybridized carbons (Fsp3) is 0.357. The van der Waals surface area contributed by atoms with E-state index in [0.29, 0.717) is 65.4 Å². The van der Waals surface area contributed by atoms with Gasteiger partial charge in [-0.1, -0.05) is 29.8 Å². The van der Waals surface area contributed by atoms with Crippen molar-refractivity contribution in [3.05, 3.63) is 75.5 Å². The summed E-state index contributed by atoms with van der Waals surface area (Å²) in [4.78, 5) is 26.7. The number of para-hydroxylation sites is 1. The number of methoxy groups -OCH3 is 1. The van der Waals surface area contributed by atoms with Crippen molar-refractivity contribution in [2.75, 3.05) is 19.0 Å². The van der Waals surface area contributed by atoms with Gasteiger partial charge in [0.05, 0.1) is 30.2 Å². The topological polar surface area (TPSA) is 113 Å². The minimum atomic E-state index is -0.313. The molecule has 2 heterocycles. The average molecular weight is 552 g/mol. The van der Waals surface area contributed by atoms with E-state index >= 15 is 0 Å². The zero-order valence-electron chi connectivity index (χ0n) is 22.0. The highest BCUT2D eigenvalue weighted by molar-refractivity contribution is 6.30. The van der Waals surface area contributed by atoms with E-state index in [1.54, 1.807) is 37.0 Å². The molecule has 0 radical (unpaired) electrons. The van der Waals surface area contributed by atoms with Crippen LogP contribution in [0, 0.1) is 5.92 Å². The standard InChI is InChI=1S/C28H30ClN5O5/c1-4-38-23-13-12-19(29)15-21(23)27-32-31-26(39-27)18-11-10-17(14-18)25(35)30-24-22(16-37-3)33(2)34(28(24)36)20-8-6-5-7-9-20/h5-9,12-13,15,17-18H,4,10-11,14,16H2,1-3H3,(H,30,35)/t17-,18+/m1/s1. The van der Waals surface area contributed by atoms with Gasteiger partial charge < -0.3 is 19.2 Å². The Hall–Kier alpha value is -3.89. The highest BCUT2D eigenvalue weighted by Gasteiger charge is 2.35. The summed E-state index contributed by atoms with van der Waals surface area (Å²) in [6.45, 7) is 2.55. The Morgan fingerprint density at radius 2 is 1.97 bits per heavy atom. The van der Waals surface area contributed by atoms with Crippen LogP contribution in [0.25, 0.3) is 17.1 Å². The molecule has 2 atom stereocenters. The Balaban J connectivity index is 1.33. The fourth-order valence-corrected chi connectivity index (χ4v) is 5.24. The van der Waals surface area contributed by atoms with Gasteiger partial charge in [0.25, 0.3) is 11.4 Å². The van der Waals surface area contributed by atoms with Crippen LogP contribution in [0.5, 0.6) is 5.75 Å². The van der Waals surface area contributed by atoms with Crippen LogP contribution in [0.15, 0.2) is 57.7 Å². The Labute approximate surface area is 230 Å². The average Bonchev–Trinajstić information content (AvgIpc) is 3.66. The zero-order chi connectivity index (χ0) is 27.5. The summed E-state index contributed by atoms with van der Waals surface area (Å²) in [5.74, 6) is 0.790. The first kappa shape index (κ1) is 26.7. The number of carbonyl (C=O) groups excluding carboxylic acids is 1. The molecule has 2 aromatic carbocycles. The van der Waals surface area contributed by atoms with Crippen molar-refractivity contribution in [1.82, 2.24) is 19.6 Å². The molecule has 0 spiro atoms. The Bertz CT molecular complexity index is 1530. The number of anilines is 1. The second kappa shape index (κ2) is 11.5. The molecule has 2 aromatic heterocycles. The molecular formula is C28H30ClN5O5. The molecule has 1 aliphatic rings. The second-order valence-electron chi connectivity index (χ2n) is 9.45. The van der Waals surface area contributed by atoms with Gasteiger partial charge in [0, 0.05) is 31.0 Å². The minimum Gasteiger partial charge on any atom is -0.493 e. The molecule has 1 aliphatic carbocycles. The van der Waals surface area contributed by atoms with Crippen LogP contribution < -0.4 is 15.6 Å². The lowest BCUT2D eigenvalue weighted by Gasteiger charge is -2.11. The van der Waals surface area contributed by atoms with E-state index in [-0.39, 0.29) is 35.6 Å². The van der Waals surface area contributed by atoms with E-state index in [1.807, 2.05) is 37.3 Å². The molecule has 1 fully saturated rings. The van der Waals surface area contributed by atoms with Gasteiger partial charge in [-0.05, 0) is 56.5 Å². The van der Waals surface area contributed by atoms with Crippen molar-refractivity contribution in [2.45, 2.75) is 38.7 Å². The molecule has 11 heteroatoms. The van der Waals surface area contributed by atoms with Gasteiger partial charge in [0.15, 0.2) is 0 Å². The normalized spacial score (nSPS) is 16.9. The molecule has 10 nitrogen and oxygen atoms in total. The lowest BCUT2D eigenvalue weighted by molar-refractivity contribution is -0.119. The molecule has 1 saturated carbocycles. The maximum Gasteiger partial charge on any atom is 0.295 e. The predicted molar refractivity (Wildman–Crippen MR) is 146 cm³/mol. The predicted octanol–water partition coefficient (Wildman–Crippen LogP) is 4.95. The first-order valence-corrected chi connectivity index (χ1v) is 13.2. The first-order valence-electron chi connectivity index (χ1n) is 12.8. The van der Waals surface area contributed by atoms with Crippen molar-refractivity contribution in [1.29, 1.82) is 0 Å². The summed E-state index contributed by atoms with van der Waals surface area (Å²) in [5, 5.41) is 11.9. The highest BCUT2D eigenvalue weighted by Crippen LogP contribution is 2.40. The van der Waals surface area contributed by atoms with Gasteiger partial charge >= 0.3 is 0 Å². The Morgan fingerprint density at radius 1 is 1.18 bits per heavy atom. The monoisotopic (exact) mass is 551 g/mol. The maximum atomic E-state index is 13.4. The van der Waals surface area contributed by atoms with E-state index < -0.39 is 0 Å². The highest BCUT2D eigenvalue weighted by atomic mass is 35.5. The quantitative estimate of drug-likeness (QED) is 0.313. The lowest BCUT2D eigenvalue weighted by Crippen LogP contribution is -2.26.